The summed E-state index contributed by atoms with van der Waals surface area (Å²) in [7, 11) is 0. The molecule has 0 fully saturated rings. The van der Waals surface area contributed by atoms with Crippen molar-refractivity contribution in [1.29, 1.82) is 0 Å². The Bertz CT molecular complexity index is 1030. The molecule has 0 bridgehead atoms. The monoisotopic (exact) mass is 392 g/mol. The van der Waals surface area contributed by atoms with E-state index in [1.165, 1.54) is 11.3 Å². The first-order valence-electron chi connectivity index (χ1n) is 8.79. The van der Waals surface area contributed by atoms with Gasteiger partial charge in [0.05, 0.1) is 11.4 Å². The van der Waals surface area contributed by atoms with E-state index in [-0.39, 0.29) is 12.3 Å². The summed E-state index contributed by atoms with van der Waals surface area (Å²) in [6, 6.07) is 18.2. The van der Waals surface area contributed by atoms with Crippen LogP contribution in [0.25, 0.3) is 0 Å². The molecule has 1 aromatic heterocycles. The molecular formula is C22H20N2O3S. The molecule has 1 heterocycles. The van der Waals surface area contributed by atoms with E-state index < -0.39 is 11.8 Å². The summed E-state index contributed by atoms with van der Waals surface area (Å²) in [6.45, 7) is 3.97. The lowest BCUT2D eigenvalue weighted by Crippen LogP contribution is -2.34. The second-order valence-electron chi connectivity index (χ2n) is 6.42. The number of ketones is 1. The third-order valence-electron chi connectivity index (χ3n) is 4.19. The Morgan fingerprint density at radius 1 is 0.893 bits per heavy atom. The molecular weight excluding hydrogens is 372 g/mol. The van der Waals surface area contributed by atoms with E-state index >= 15 is 0 Å². The van der Waals surface area contributed by atoms with Gasteiger partial charge in [-0.2, -0.15) is 0 Å². The van der Waals surface area contributed by atoms with Gasteiger partial charge in [-0.3, -0.25) is 14.4 Å². The van der Waals surface area contributed by atoms with Crippen molar-refractivity contribution in [3.63, 3.8) is 0 Å². The second-order valence-corrected chi connectivity index (χ2v) is 7.58. The molecule has 0 radical (unpaired) electrons. The third kappa shape index (κ3) is 4.72. The van der Waals surface area contributed by atoms with E-state index in [0.29, 0.717) is 16.1 Å². The maximum Gasteiger partial charge on any atom is 0.313 e. The molecule has 0 aliphatic carbocycles. The van der Waals surface area contributed by atoms with E-state index in [1.807, 2.05) is 50.2 Å². The minimum atomic E-state index is -0.717. The van der Waals surface area contributed by atoms with Gasteiger partial charge in [0.15, 0.2) is 0 Å². The Kier molecular flexibility index (Phi) is 6.01. The zero-order valence-corrected chi connectivity index (χ0v) is 16.4. The molecule has 0 aliphatic rings. The standard InChI is InChI=1S/C22H20N2O3S/c1-14-8-9-15(2)18(12-14)24-22(27)21(26)23-13-17-10-11-19(28-17)20(25)16-6-4-3-5-7-16/h3-12H,13H2,1-2H3,(H,23,26)(H,24,27). The second kappa shape index (κ2) is 8.63. The van der Waals surface area contributed by atoms with Crippen LogP contribution in [0.1, 0.15) is 31.2 Å². The normalized spacial score (nSPS) is 10.4. The van der Waals surface area contributed by atoms with Crippen LogP contribution in [0.15, 0.2) is 60.7 Å². The molecule has 28 heavy (non-hydrogen) atoms. The quantitative estimate of drug-likeness (QED) is 0.512. The van der Waals surface area contributed by atoms with Crippen molar-refractivity contribution >= 4 is 34.6 Å². The molecule has 0 spiro atoms. The zero-order chi connectivity index (χ0) is 20.1. The summed E-state index contributed by atoms with van der Waals surface area (Å²) < 4.78 is 0. The summed E-state index contributed by atoms with van der Waals surface area (Å²) >= 11 is 1.30. The first-order valence-corrected chi connectivity index (χ1v) is 9.60. The van der Waals surface area contributed by atoms with Crippen molar-refractivity contribution in [2.75, 3.05) is 5.32 Å². The van der Waals surface area contributed by atoms with Gasteiger partial charge >= 0.3 is 11.8 Å². The molecule has 0 saturated carbocycles. The van der Waals surface area contributed by atoms with Gasteiger partial charge in [0.25, 0.3) is 0 Å². The van der Waals surface area contributed by atoms with E-state index in [2.05, 4.69) is 10.6 Å². The van der Waals surface area contributed by atoms with Crippen molar-refractivity contribution in [1.82, 2.24) is 5.32 Å². The SMILES string of the molecule is Cc1ccc(C)c(NC(=O)C(=O)NCc2ccc(C(=O)c3ccccc3)s2)c1. The lowest BCUT2D eigenvalue weighted by Gasteiger charge is -2.09. The van der Waals surface area contributed by atoms with Crippen LogP contribution in [0.2, 0.25) is 0 Å². The van der Waals surface area contributed by atoms with Crippen molar-refractivity contribution in [2.45, 2.75) is 20.4 Å². The van der Waals surface area contributed by atoms with E-state index in [1.54, 1.807) is 24.3 Å². The number of rotatable bonds is 5. The number of anilines is 1. The van der Waals surface area contributed by atoms with Crippen LogP contribution in [0, 0.1) is 13.8 Å². The van der Waals surface area contributed by atoms with E-state index in [4.69, 9.17) is 0 Å². The van der Waals surface area contributed by atoms with Gasteiger partial charge in [0.2, 0.25) is 5.78 Å². The topological polar surface area (TPSA) is 75.3 Å². The molecule has 5 nitrogen and oxygen atoms in total. The van der Waals surface area contributed by atoms with Gasteiger partial charge < -0.3 is 10.6 Å². The summed E-state index contributed by atoms with van der Waals surface area (Å²) in [5, 5.41) is 5.22. The largest absolute Gasteiger partial charge is 0.343 e. The Morgan fingerprint density at radius 2 is 1.64 bits per heavy atom. The minimum absolute atomic E-state index is 0.0594. The average molecular weight is 392 g/mol. The fraction of sp³-hybridized carbons (Fsp3) is 0.136. The van der Waals surface area contributed by atoms with Crippen LogP contribution in [0.3, 0.4) is 0 Å². The highest BCUT2D eigenvalue weighted by molar-refractivity contribution is 7.14. The number of amides is 2. The number of thiophene rings is 1. The van der Waals surface area contributed by atoms with Crippen LogP contribution in [0.4, 0.5) is 5.69 Å². The summed E-state index contributed by atoms with van der Waals surface area (Å²) in [5.41, 5.74) is 3.12. The predicted molar refractivity (Wildman–Crippen MR) is 111 cm³/mol. The molecule has 3 rings (SSSR count). The number of hydrogen-bond acceptors (Lipinski definition) is 4. The Morgan fingerprint density at radius 3 is 2.39 bits per heavy atom. The van der Waals surface area contributed by atoms with Gasteiger partial charge in [-0.1, -0.05) is 42.5 Å². The molecule has 0 saturated heterocycles. The molecule has 0 atom stereocenters. The van der Waals surface area contributed by atoms with Gasteiger partial charge in [-0.05, 0) is 43.2 Å². The number of aryl methyl sites for hydroxylation is 2. The summed E-state index contributed by atoms with van der Waals surface area (Å²) in [5.74, 6) is -1.49. The Labute approximate surface area is 167 Å². The first kappa shape index (κ1) is 19.5. The third-order valence-corrected chi connectivity index (χ3v) is 5.28. The summed E-state index contributed by atoms with van der Waals surface area (Å²) in [4.78, 5) is 38.0. The van der Waals surface area contributed by atoms with Gasteiger partial charge in [-0.15, -0.1) is 11.3 Å². The van der Waals surface area contributed by atoms with Crippen LogP contribution >= 0.6 is 11.3 Å². The number of nitrogens with one attached hydrogen (secondary N) is 2. The molecule has 2 N–H and O–H groups in total. The van der Waals surface area contributed by atoms with Gasteiger partial charge in [-0.25, -0.2) is 0 Å². The van der Waals surface area contributed by atoms with Gasteiger partial charge in [0.1, 0.15) is 0 Å². The molecule has 2 aromatic carbocycles. The molecule has 142 valence electrons. The van der Waals surface area contributed by atoms with Gasteiger partial charge in [0, 0.05) is 16.1 Å². The highest BCUT2D eigenvalue weighted by Crippen LogP contribution is 2.20. The highest BCUT2D eigenvalue weighted by Gasteiger charge is 2.16. The molecule has 3 aromatic rings. The summed E-state index contributed by atoms with van der Waals surface area (Å²) in [6.07, 6.45) is 0. The number of benzene rings is 2. The maximum absolute atomic E-state index is 12.4. The zero-order valence-electron chi connectivity index (χ0n) is 15.6. The molecule has 0 unspecified atom stereocenters. The van der Waals surface area contributed by atoms with E-state index in [9.17, 15) is 14.4 Å². The number of carbonyl (C=O) groups is 3. The van der Waals surface area contributed by atoms with Crippen molar-refractivity contribution < 1.29 is 14.4 Å². The number of hydrogen-bond donors (Lipinski definition) is 2. The van der Waals surface area contributed by atoms with Crippen molar-refractivity contribution in [3.05, 3.63) is 87.1 Å². The molecule has 0 aliphatic heterocycles. The average Bonchev–Trinajstić information content (AvgIpc) is 3.18. The maximum atomic E-state index is 12.4. The Hall–Kier alpha value is -3.25. The fourth-order valence-corrected chi connectivity index (χ4v) is 3.53. The lowest BCUT2D eigenvalue weighted by atomic mass is 10.1. The minimum Gasteiger partial charge on any atom is -0.343 e. The first-order chi connectivity index (χ1) is 13.4. The highest BCUT2D eigenvalue weighted by atomic mass is 32.1. The molecule has 6 heteroatoms. The number of carbonyl (C=O) groups excluding carboxylic acids is 3. The van der Waals surface area contributed by atoms with Crippen LogP contribution in [-0.2, 0) is 16.1 Å². The van der Waals surface area contributed by atoms with Crippen LogP contribution in [-0.4, -0.2) is 17.6 Å². The Balaban J connectivity index is 1.57. The fourth-order valence-electron chi connectivity index (χ4n) is 2.62. The predicted octanol–water partition coefficient (Wildman–Crippen LogP) is 3.85. The van der Waals surface area contributed by atoms with Crippen LogP contribution in [0.5, 0.6) is 0 Å². The van der Waals surface area contributed by atoms with E-state index in [0.717, 1.165) is 16.0 Å². The van der Waals surface area contributed by atoms with Crippen molar-refractivity contribution in [3.8, 4) is 0 Å². The smallest absolute Gasteiger partial charge is 0.313 e. The van der Waals surface area contributed by atoms with Crippen molar-refractivity contribution in [2.24, 2.45) is 0 Å². The van der Waals surface area contributed by atoms with Crippen LogP contribution < -0.4 is 10.6 Å². The lowest BCUT2D eigenvalue weighted by molar-refractivity contribution is -0.136. The molecule has 2 amide bonds.